The molecule has 0 unspecified atom stereocenters. The van der Waals surface area contributed by atoms with Crippen molar-refractivity contribution in [2.24, 2.45) is 0 Å². The van der Waals surface area contributed by atoms with Crippen LogP contribution in [0, 0.1) is 6.92 Å². The highest BCUT2D eigenvalue weighted by Crippen LogP contribution is 2.40. The standard InChI is InChI=1S/C19H22O4/c1-12(2)16-7-6-15(8-13(16)3)23-18-10-14(11-20)9-17(21-4)19(18)22-5/h6-12H,1-5H3. The van der Waals surface area contributed by atoms with Gasteiger partial charge >= 0.3 is 0 Å². The lowest BCUT2D eigenvalue weighted by molar-refractivity contribution is 0.112. The van der Waals surface area contributed by atoms with E-state index in [-0.39, 0.29) is 0 Å². The van der Waals surface area contributed by atoms with Gasteiger partial charge in [-0.25, -0.2) is 0 Å². The van der Waals surface area contributed by atoms with Crippen LogP contribution in [0.2, 0.25) is 0 Å². The van der Waals surface area contributed by atoms with Crippen LogP contribution >= 0.6 is 0 Å². The van der Waals surface area contributed by atoms with E-state index >= 15 is 0 Å². The van der Waals surface area contributed by atoms with Crippen molar-refractivity contribution in [1.29, 1.82) is 0 Å². The Morgan fingerprint density at radius 2 is 1.70 bits per heavy atom. The SMILES string of the molecule is COc1cc(C=O)cc(Oc2ccc(C(C)C)c(C)c2)c1OC. The molecule has 2 aromatic carbocycles. The fraction of sp³-hybridized carbons (Fsp3) is 0.316. The lowest BCUT2D eigenvalue weighted by Gasteiger charge is -2.16. The molecule has 0 amide bonds. The molecule has 0 aliphatic heterocycles. The number of carbonyl (C=O) groups is 1. The Morgan fingerprint density at radius 1 is 1.00 bits per heavy atom. The van der Waals surface area contributed by atoms with Crippen molar-refractivity contribution < 1.29 is 19.0 Å². The lowest BCUT2D eigenvalue weighted by Crippen LogP contribution is -1.97. The highest BCUT2D eigenvalue weighted by atomic mass is 16.5. The quantitative estimate of drug-likeness (QED) is 0.722. The summed E-state index contributed by atoms with van der Waals surface area (Å²) in [7, 11) is 3.07. The minimum absolute atomic E-state index is 0.450. The average molecular weight is 314 g/mol. The van der Waals surface area contributed by atoms with Gasteiger partial charge in [-0.05, 0) is 48.2 Å². The number of carbonyl (C=O) groups excluding carboxylic acids is 1. The van der Waals surface area contributed by atoms with E-state index in [2.05, 4.69) is 26.8 Å². The van der Waals surface area contributed by atoms with Gasteiger partial charge in [-0.3, -0.25) is 4.79 Å². The molecule has 0 radical (unpaired) electrons. The molecule has 4 nitrogen and oxygen atoms in total. The minimum atomic E-state index is 0.450. The highest BCUT2D eigenvalue weighted by Gasteiger charge is 2.15. The van der Waals surface area contributed by atoms with Crippen molar-refractivity contribution in [1.82, 2.24) is 0 Å². The predicted octanol–water partition coefficient (Wildman–Crippen LogP) is 4.74. The number of aryl methyl sites for hydroxylation is 1. The van der Waals surface area contributed by atoms with Crippen molar-refractivity contribution >= 4 is 6.29 Å². The molecule has 4 heteroatoms. The molecule has 0 N–H and O–H groups in total. The van der Waals surface area contributed by atoms with Crippen molar-refractivity contribution in [3.05, 3.63) is 47.0 Å². The molecule has 0 aliphatic rings. The van der Waals surface area contributed by atoms with Crippen molar-refractivity contribution in [3.8, 4) is 23.0 Å². The van der Waals surface area contributed by atoms with Crippen molar-refractivity contribution in [2.75, 3.05) is 14.2 Å². The monoisotopic (exact) mass is 314 g/mol. The van der Waals surface area contributed by atoms with E-state index in [0.717, 1.165) is 11.8 Å². The van der Waals surface area contributed by atoms with Gasteiger partial charge in [-0.15, -0.1) is 0 Å². The molecule has 122 valence electrons. The van der Waals surface area contributed by atoms with Gasteiger partial charge in [-0.2, -0.15) is 0 Å². The van der Waals surface area contributed by atoms with Crippen LogP contribution in [-0.4, -0.2) is 20.5 Å². The number of hydrogen-bond donors (Lipinski definition) is 0. The molecule has 0 saturated heterocycles. The van der Waals surface area contributed by atoms with E-state index in [9.17, 15) is 4.79 Å². The number of aldehydes is 1. The number of hydrogen-bond acceptors (Lipinski definition) is 4. The first-order valence-corrected chi connectivity index (χ1v) is 7.49. The number of methoxy groups -OCH3 is 2. The maximum atomic E-state index is 11.1. The van der Waals surface area contributed by atoms with Crippen molar-refractivity contribution in [3.63, 3.8) is 0 Å². The zero-order valence-electron chi connectivity index (χ0n) is 14.2. The summed E-state index contributed by atoms with van der Waals surface area (Å²) in [5, 5.41) is 0. The summed E-state index contributed by atoms with van der Waals surface area (Å²) >= 11 is 0. The summed E-state index contributed by atoms with van der Waals surface area (Å²) in [6.45, 7) is 6.37. The Balaban J connectivity index is 2.43. The van der Waals surface area contributed by atoms with E-state index in [1.807, 2.05) is 12.1 Å². The number of benzene rings is 2. The summed E-state index contributed by atoms with van der Waals surface area (Å²) in [5.74, 6) is 2.52. The Bertz CT molecular complexity index is 705. The second kappa shape index (κ2) is 7.18. The van der Waals surface area contributed by atoms with Gasteiger partial charge in [0, 0.05) is 5.56 Å². The third-order valence-electron chi connectivity index (χ3n) is 3.69. The first kappa shape index (κ1) is 16.9. The van der Waals surface area contributed by atoms with Crippen LogP contribution in [0.4, 0.5) is 0 Å². The molecule has 23 heavy (non-hydrogen) atoms. The minimum Gasteiger partial charge on any atom is -0.493 e. The van der Waals surface area contributed by atoms with Crippen LogP contribution in [0.5, 0.6) is 23.0 Å². The van der Waals surface area contributed by atoms with Crippen LogP contribution in [-0.2, 0) is 0 Å². The molecule has 0 saturated carbocycles. The normalized spacial score (nSPS) is 10.5. The highest BCUT2D eigenvalue weighted by molar-refractivity contribution is 5.78. The predicted molar refractivity (Wildman–Crippen MR) is 90.3 cm³/mol. The molecule has 0 spiro atoms. The Hall–Kier alpha value is -2.49. The second-order valence-corrected chi connectivity index (χ2v) is 5.65. The van der Waals surface area contributed by atoms with Crippen LogP contribution in [0.1, 0.15) is 41.3 Å². The molecule has 0 atom stereocenters. The maximum Gasteiger partial charge on any atom is 0.203 e. The van der Waals surface area contributed by atoms with Gasteiger partial charge in [0.25, 0.3) is 0 Å². The summed E-state index contributed by atoms with van der Waals surface area (Å²) in [5.41, 5.74) is 2.91. The Labute approximate surface area is 137 Å². The largest absolute Gasteiger partial charge is 0.493 e. The molecular weight excluding hydrogens is 292 g/mol. The van der Waals surface area contributed by atoms with E-state index < -0.39 is 0 Å². The average Bonchev–Trinajstić information content (AvgIpc) is 2.53. The van der Waals surface area contributed by atoms with Gasteiger partial charge in [-0.1, -0.05) is 19.9 Å². The van der Waals surface area contributed by atoms with Gasteiger partial charge < -0.3 is 14.2 Å². The Kier molecular flexibility index (Phi) is 5.27. The van der Waals surface area contributed by atoms with Crippen LogP contribution < -0.4 is 14.2 Å². The molecule has 0 aliphatic carbocycles. The van der Waals surface area contributed by atoms with E-state index in [0.29, 0.717) is 34.5 Å². The molecular formula is C19H22O4. The molecule has 0 fully saturated rings. The second-order valence-electron chi connectivity index (χ2n) is 5.65. The zero-order chi connectivity index (χ0) is 17.0. The molecule has 0 heterocycles. The van der Waals surface area contributed by atoms with Crippen molar-refractivity contribution in [2.45, 2.75) is 26.7 Å². The van der Waals surface area contributed by atoms with Gasteiger partial charge in [0.05, 0.1) is 14.2 Å². The van der Waals surface area contributed by atoms with Gasteiger partial charge in [0.15, 0.2) is 11.5 Å². The summed E-state index contributed by atoms with van der Waals surface area (Å²) in [4.78, 5) is 11.1. The smallest absolute Gasteiger partial charge is 0.203 e. The van der Waals surface area contributed by atoms with E-state index in [1.54, 1.807) is 19.2 Å². The van der Waals surface area contributed by atoms with E-state index in [1.165, 1.54) is 12.7 Å². The summed E-state index contributed by atoms with van der Waals surface area (Å²) in [6, 6.07) is 9.21. The third kappa shape index (κ3) is 3.65. The van der Waals surface area contributed by atoms with Crippen LogP contribution in [0.15, 0.2) is 30.3 Å². The molecule has 0 bridgehead atoms. The van der Waals surface area contributed by atoms with Crippen LogP contribution in [0.25, 0.3) is 0 Å². The number of ether oxygens (including phenoxy) is 3. The summed E-state index contributed by atoms with van der Waals surface area (Å²) < 4.78 is 16.6. The fourth-order valence-corrected chi connectivity index (χ4v) is 2.58. The lowest BCUT2D eigenvalue weighted by atomic mass is 9.98. The summed E-state index contributed by atoms with van der Waals surface area (Å²) in [6.07, 6.45) is 0.752. The maximum absolute atomic E-state index is 11.1. The molecule has 2 aromatic rings. The first-order chi connectivity index (χ1) is 11.0. The molecule has 0 aromatic heterocycles. The van der Waals surface area contributed by atoms with E-state index in [4.69, 9.17) is 14.2 Å². The fourth-order valence-electron chi connectivity index (χ4n) is 2.58. The van der Waals surface area contributed by atoms with Crippen LogP contribution in [0.3, 0.4) is 0 Å². The zero-order valence-corrected chi connectivity index (χ0v) is 14.2. The van der Waals surface area contributed by atoms with Gasteiger partial charge in [0.2, 0.25) is 5.75 Å². The number of rotatable bonds is 6. The molecule has 2 rings (SSSR count). The Morgan fingerprint density at radius 3 is 2.22 bits per heavy atom. The first-order valence-electron chi connectivity index (χ1n) is 7.49. The van der Waals surface area contributed by atoms with Gasteiger partial charge in [0.1, 0.15) is 12.0 Å². The topological polar surface area (TPSA) is 44.8 Å². The third-order valence-corrected chi connectivity index (χ3v) is 3.69.